The molecule has 2 unspecified atom stereocenters. The van der Waals surface area contributed by atoms with Crippen molar-refractivity contribution in [2.45, 2.75) is 62.3 Å². The number of unbranched alkanes of at least 4 members (excludes halogenated alkanes) is 1. The number of likely N-dealkylation sites (tertiary alicyclic amines) is 1. The molecule has 0 aromatic heterocycles. The van der Waals surface area contributed by atoms with Crippen molar-refractivity contribution in [3.05, 3.63) is 61.2 Å². The van der Waals surface area contributed by atoms with E-state index in [9.17, 15) is 19.5 Å². The van der Waals surface area contributed by atoms with E-state index in [1.807, 2.05) is 37.3 Å². The fourth-order valence-electron chi connectivity index (χ4n) is 7.86. The van der Waals surface area contributed by atoms with Crippen molar-refractivity contribution in [2.75, 3.05) is 59.2 Å². The molecule has 44 heavy (non-hydrogen) atoms. The Hall–Kier alpha value is -3.05. The number of ether oxygens (including phenoxy) is 3. The summed E-state index contributed by atoms with van der Waals surface area (Å²) in [5.41, 5.74) is -1.39. The zero-order chi connectivity index (χ0) is 31.3. The van der Waals surface area contributed by atoms with Crippen molar-refractivity contribution in [1.29, 1.82) is 0 Å². The molecular weight excluding hydrogens is 562 g/mol. The molecule has 1 spiro atoms. The third kappa shape index (κ3) is 5.73. The quantitative estimate of drug-likeness (QED) is 0.184. The second kappa shape index (κ2) is 13.9. The van der Waals surface area contributed by atoms with Gasteiger partial charge in [0.1, 0.15) is 17.6 Å². The standard InChI is InChI=1S/C34H47N3O7/c1-4-7-11-21-43-32(41)28-27-30(39)37(26(24-38)25-12-9-8-10-13-25)29(34(27)15-14-33(28,6-3)44-34)31(40)36(16-5-2)18-17-35-19-22-42-23-20-35/h4-5,8-10,12-13,26-29,38H,1-2,6-7,11,14-24H2,3H3/t26-,27+,28-,29?,33+,34?/m1/s1. The minimum Gasteiger partial charge on any atom is -0.465 e. The Morgan fingerprint density at radius 3 is 2.59 bits per heavy atom. The fourth-order valence-corrected chi connectivity index (χ4v) is 7.86. The van der Waals surface area contributed by atoms with Crippen LogP contribution < -0.4 is 0 Å². The lowest BCUT2D eigenvalue weighted by atomic mass is 9.65. The van der Waals surface area contributed by atoms with E-state index in [4.69, 9.17) is 14.2 Å². The SMILES string of the molecule is C=CCCCOC(=O)[C@H]1[C@H]2C(=O)N([C@H](CO)c3ccccc3)C(C(=O)N(CC=C)CCN3CCOCC3)C23CC[C@]1(CC)O3. The van der Waals surface area contributed by atoms with Gasteiger partial charge in [0.25, 0.3) is 0 Å². The molecule has 4 aliphatic heterocycles. The molecule has 2 bridgehead atoms. The summed E-state index contributed by atoms with van der Waals surface area (Å²) >= 11 is 0. The molecule has 10 heteroatoms. The number of morpholine rings is 1. The van der Waals surface area contributed by atoms with Gasteiger partial charge in [0.2, 0.25) is 11.8 Å². The van der Waals surface area contributed by atoms with Crippen molar-refractivity contribution < 1.29 is 33.7 Å². The van der Waals surface area contributed by atoms with Crippen LogP contribution in [0.1, 0.15) is 50.6 Å². The molecule has 5 rings (SSSR count). The van der Waals surface area contributed by atoms with Gasteiger partial charge in [-0.2, -0.15) is 0 Å². The summed E-state index contributed by atoms with van der Waals surface area (Å²) in [7, 11) is 0. The number of carbonyl (C=O) groups is 3. The average molecular weight is 610 g/mol. The van der Waals surface area contributed by atoms with Crippen molar-refractivity contribution >= 4 is 17.8 Å². The number of esters is 1. The second-order valence-corrected chi connectivity index (χ2v) is 12.3. The predicted molar refractivity (Wildman–Crippen MR) is 164 cm³/mol. The molecule has 0 aliphatic carbocycles. The van der Waals surface area contributed by atoms with Crippen LogP contribution in [0.5, 0.6) is 0 Å². The number of hydrogen-bond acceptors (Lipinski definition) is 8. The summed E-state index contributed by atoms with van der Waals surface area (Å²) in [6.07, 6.45) is 6.34. The number of amides is 2. The van der Waals surface area contributed by atoms with E-state index in [-0.39, 0.29) is 25.0 Å². The number of hydrogen-bond donors (Lipinski definition) is 1. The van der Waals surface area contributed by atoms with E-state index in [0.717, 1.165) is 13.1 Å². The van der Waals surface area contributed by atoms with Gasteiger partial charge in [-0.3, -0.25) is 19.3 Å². The Bertz CT molecular complexity index is 1200. The second-order valence-electron chi connectivity index (χ2n) is 12.3. The molecule has 1 N–H and O–H groups in total. The van der Waals surface area contributed by atoms with Gasteiger partial charge in [0.15, 0.2) is 0 Å². The van der Waals surface area contributed by atoms with E-state index in [2.05, 4.69) is 18.1 Å². The molecule has 2 amide bonds. The largest absolute Gasteiger partial charge is 0.465 e. The fraction of sp³-hybridized carbons (Fsp3) is 0.618. The lowest BCUT2D eigenvalue weighted by Crippen LogP contribution is -2.58. The minimum absolute atomic E-state index is 0.221. The molecule has 10 nitrogen and oxygen atoms in total. The predicted octanol–water partition coefficient (Wildman–Crippen LogP) is 2.73. The molecule has 0 radical (unpaired) electrons. The highest BCUT2D eigenvalue weighted by Gasteiger charge is 2.79. The van der Waals surface area contributed by atoms with E-state index < -0.39 is 41.1 Å². The van der Waals surface area contributed by atoms with Crippen LogP contribution >= 0.6 is 0 Å². The minimum atomic E-state index is -1.21. The third-order valence-corrected chi connectivity index (χ3v) is 10.0. The van der Waals surface area contributed by atoms with Gasteiger partial charge in [0, 0.05) is 32.7 Å². The third-order valence-electron chi connectivity index (χ3n) is 10.0. The first-order valence-corrected chi connectivity index (χ1v) is 16.0. The molecule has 0 saturated carbocycles. The maximum absolute atomic E-state index is 14.8. The molecule has 240 valence electrons. The van der Waals surface area contributed by atoms with E-state index in [0.29, 0.717) is 70.5 Å². The zero-order valence-electron chi connectivity index (χ0n) is 25.9. The van der Waals surface area contributed by atoms with Crippen molar-refractivity contribution in [3.8, 4) is 0 Å². The first-order chi connectivity index (χ1) is 21.4. The number of allylic oxidation sites excluding steroid dienone is 1. The van der Waals surface area contributed by atoms with Crippen LogP contribution in [0.4, 0.5) is 0 Å². The Morgan fingerprint density at radius 1 is 1.18 bits per heavy atom. The number of carbonyl (C=O) groups excluding carboxylic acids is 3. The number of aliphatic hydroxyl groups is 1. The first kappa shape index (κ1) is 32.3. The van der Waals surface area contributed by atoms with Gasteiger partial charge in [-0.25, -0.2) is 0 Å². The van der Waals surface area contributed by atoms with Crippen molar-refractivity contribution in [1.82, 2.24) is 14.7 Å². The Morgan fingerprint density at radius 2 is 1.93 bits per heavy atom. The molecule has 1 aromatic rings. The molecule has 4 aliphatic rings. The average Bonchev–Trinajstić information content (AvgIpc) is 3.66. The molecule has 1 aromatic carbocycles. The lowest BCUT2D eigenvalue weighted by molar-refractivity contribution is -0.163. The monoisotopic (exact) mass is 609 g/mol. The van der Waals surface area contributed by atoms with Crippen LogP contribution in [-0.4, -0.2) is 114 Å². The Labute approximate surface area is 260 Å². The molecule has 6 atom stereocenters. The number of nitrogens with zero attached hydrogens (tertiary/aromatic N) is 3. The van der Waals surface area contributed by atoms with E-state index in [1.165, 1.54) is 4.90 Å². The summed E-state index contributed by atoms with van der Waals surface area (Å²) < 4.78 is 18.1. The van der Waals surface area contributed by atoms with E-state index >= 15 is 0 Å². The van der Waals surface area contributed by atoms with Gasteiger partial charge < -0.3 is 29.1 Å². The van der Waals surface area contributed by atoms with Gasteiger partial charge >= 0.3 is 5.97 Å². The van der Waals surface area contributed by atoms with Gasteiger partial charge in [-0.1, -0.05) is 49.4 Å². The topological polar surface area (TPSA) is 109 Å². The van der Waals surface area contributed by atoms with Crippen LogP contribution in [0, 0.1) is 11.8 Å². The molecule has 4 heterocycles. The van der Waals surface area contributed by atoms with Crippen molar-refractivity contribution in [3.63, 3.8) is 0 Å². The molecule has 4 saturated heterocycles. The van der Waals surface area contributed by atoms with Crippen LogP contribution in [0.3, 0.4) is 0 Å². The number of aliphatic hydroxyl groups excluding tert-OH is 1. The lowest BCUT2D eigenvalue weighted by Gasteiger charge is -2.40. The van der Waals surface area contributed by atoms with Crippen molar-refractivity contribution in [2.24, 2.45) is 11.8 Å². The van der Waals surface area contributed by atoms with Crippen LogP contribution in [0.2, 0.25) is 0 Å². The zero-order valence-corrected chi connectivity index (χ0v) is 25.9. The van der Waals surface area contributed by atoms with Crippen LogP contribution in [0.15, 0.2) is 55.6 Å². The van der Waals surface area contributed by atoms with E-state index in [1.54, 1.807) is 17.1 Å². The van der Waals surface area contributed by atoms with Crippen LogP contribution in [0.25, 0.3) is 0 Å². The highest BCUT2D eigenvalue weighted by Crippen LogP contribution is 2.65. The summed E-state index contributed by atoms with van der Waals surface area (Å²) in [5.74, 6) is -2.79. The maximum Gasteiger partial charge on any atom is 0.312 e. The maximum atomic E-state index is 14.8. The summed E-state index contributed by atoms with van der Waals surface area (Å²) in [6.45, 7) is 13.7. The van der Waals surface area contributed by atoms with Gasteiger partial charge in [-0.15, -0.1) is 13.2 Å². The first-order valence-electron chi connectivity index (χ1n) is 16.0. The number of fused-ring (bicyclic) bond motifs is 1. The summed E-state index contributed by atoms with van der Waals surface area (Å²) in [6, 6.07) is 7.44. The van der Waals surface area contributed by atoms with Crippen LogP contribution in [-0.2, 0) is 28.6 Å². The molecular formula is C34H47N3O7. The molecule has 4 fully saturated rings. The Kier molecular flexibility index (Phi) is 10.2. The van der Waals surface area contributed by atoms with Gasteiger partial charge in [0.05, 0.1) is 44.0 Å². The van der Waals surface area contributed by atoms with Gasteiger partial charge in [-0.05, 0) is 37.7 Å². The Balaban J connectivity index is 1.53. The number of rotatable bonds is 15. The highest BCUT2D eigenvalue weighted by atomic mass is 16.6. The smallest absolute Gasteiger partial charge is 0.312 e. The normalized spacial score (nSPS) is 30.2. The summed E-state index contributed by atoms with van der Waals surface area (Å²) in [4.78, 5) is 48.8. The number of benzene rings is 1. The summed E-state index contributed by atoms with van der Waals surface area (Å²) in [5, 5.41) is 10.7. The highest BCUT2D eigenvalue weighted by molar-refractivity contribution is 5.99.